The molecule has 9 rings (SSSR count). The number of piperidine rings is 1. The molecule has 0 radical (unpaired) electrons. The number of pyridine rings is 1. The van der Waals surface area contributed by atoms with E-state index in [1.807, 2.05) is 24.3 Å². The quantitative estimate of drug-likeness (QED) is 0.112. The molecule has 17 nitrogen and oxygen atoms in total. The van der Waals surface area contributed by atoms with Gasteiger partial charge < -0.3 is 25.3 Å². The first-order valence-electron chi connectivity index (χ1n) is 20.7. The van der Waals surface area contributed by atoms with Crippen molar-refractivity contribution in [2.45, 2.75) is 57.5 Å². The molecular weight excluding hydrogens is 779 g/mol. The van der Waals surface area contributed by atoms with Gasteiger partial charge in [-0.05, 0) is 81.1 Å². The number of anilines is 4. The molecule has 0 aliphatic carbocycles. The number of rotatable bonds is 11. The monoisotopic (exact) mass is 827 g/mol. The van der Waals surface area contributed by atoms with E-state index in [4.69, 9.17) is 4.98 Å². The second kappa shape index (κ2) is 15.9. The first-order valence-corrected chi connectivity index (χ1v) is 20.7. The highest BCUT2D eigenvalue weighted by atomic mass is 16.3. The van der Waals surface area contributed by atoms with Crippen molar-refractivity contribution in [2.75, 3.05) is 60.9 Å². The minimum Gasteiger partial charge on any atom is -0.384 e. The second-order valence-electron chi connectivity index (χ2n) is 16.7. The van der Waals surface area contributed by atoms with Gasteiger partial charge in [-0.2, -0.15) is 4.98 Å². The molecule has 17 heteroatoms. The van der Waals surface area contributed by atoms with Crippen molar-refractivity contribution in [3.05, 3.63) is 107 Å². The maximum absolute atomic E-state index is 13.4. The van der Waals surface area contributed by atoms with Gasteiger partial charge in [0.1, 0.15) is 17.0 Å². The van der Waals surface area contributed by atoms with Crippen LogP contribution in [0.2, 0.25) is 0 Å². The van der Waals surface area contributed by atoms with E-state index in [2.05, 4.69) is 54.0 Å². The summed E-state index contributed by atoms with van der Waals surface area (Å²) in [6.45, 7) is 13.7. The van der Waals surface area contributed by atoms with Gasteiger partial charge >= 0.3 is 0 Å². The molecule has 4 aliphatic heterocycles. The van der Waals surface area contributed by atoms with Crippen molar-refractivity contribution in [2.24, 2.45) is 5.92 Å². The SMILES string of the molecule is C=CCn1c(=O)c2cnc(Nc3ccc(N4CCN(C[C@@H]5CCN(c6ccc7c(c6)C(=O)N(C6CCC(=O)NC6=O)C7O)C5)CC4)cc3)nc2n1-c1cccc(C(C)(C)O)n1. The lowest BCUT2D eigenvalue weighted by Gasteiger charge is -2.37. The molecule has 61 heavy (non-hydrogen) atoms. The van der Waals surface area contributed by atoms with Crippen LogP contribution in [-0.2, 0) is 21.7 Å². The van der Waals surface area contributed by atoms with Crippen LogP contribution < -0.4 is 26.0 Å². The van der Waals surface area contributed by atoms with E-state index in [0.29, 0.717) is 45.5 Å². The summed E-state index contributed by atoms with van der Waals surface area (Å²) in [7, 11) is 0. The zero-order chi connectivity index (χ0) is 42.6. The summed E-state index contributed by atoms with van der Waals surface area (Å²) in [5, 5.41) is 27.5. The minimum absolute atomic E-state index is 0.127. The Morgan fingerprint density at radius 2 is 1.70 bits per heavy atom. The van der Waals surface area contributed by atoms with Crippen LogP contribution >= 0.6 is 0 Å². The van der Waals surface area contributed by atoms with Crippen molar-refractivity contribution < 1.29 is 24.6 Å². The average molecular weight is 828 g/mol. The van der Waals surface area contributed by atoms with Gasteiger partial charge in [-0.3, -0.25) is 34.3 Å². The molecule has 7 heterocycles. The fourth-order valence-electron chi connectivity index (χ4n) is 8.96. The zero-order valence-corrected chi connectivity index (χ0v) is 34.2. The van der Waals surface area contributed by atoms with Crippen molar-refractivity contribution in [3.63, 3.8) is 0 Å². The van der Waals surface area contributed by atoms with E-state index in [1.54, 1.807) is 48.9 Å². The number of nitrogens with one attached hydrogen (secondary N) is 2. The van der Waals surface area contributed by atoms with Gasteiger partial charge in [0, 0.05) is 86.6 Å². The van der Waals surface area contributed by atoms with E-state index in [-0.39, 0.29) is 30.9 Å². The summed E-state index contributed by atoms with van der Waals surface area (Å²) in [5.41, 5.74) is 3.11. The average Bonchev–Trinajstić information content (AvgIpc) is 3.90. The van der Waals surface area contributed by atoms with Crippen LogP contribution in [0.15, 0.2) is 84.3 Å². The first kappa shape index (κ1) is 40.0. The number of allylic oxidation sites excluding steroid dienone is 1. The minimum atomic E-state index is -1.23. The lowest BCUT2D eigenvalue weighted by atomic mass is 10.0. The number of carbonyl (C=O) groups excluding carboxylic acids is 3. The molecule has 3 saturated heterocycles. The van der Waals surface area contributed by atoms with Crippen molar-refractivity contribution in [1.82, 2.24) is 39.4 Å². The van der Waals surface area contributed by atoms with Crippen LogP contribution in [0.3, 0.4) is 0 Å². The Balaban J connectivity index is 0.802. The fraction of sp³-hybridized carbons (Fsp3) is 0.386. The zero-order valence-electron chi connectivity index (χ0n) is 34.2. The van der Waals surface area contributed by atoms with Gasteiger partial charge in [-0.1, -0.05) is 18.2 Å². The summed E-state index contributed by atoms with van der Waals surface area (Å²) in [4.78, 5) is 73.3. The molecule has 316 valence electrons. The summed E-state index contributed by atoms with van der Waals surface area (Å²) in [6, 6.07) is 18.1. The molecule has 3 fully saturated rings. The molecule has 0 spiro atoms. The fourth-order valence-corrected chi connectivity index (χ4v) is 8.96. The Kier molecular flexibility index (Phi) is 10.4. The van der Waals surface area contributed by atoms with Gasteiger partial charge in [0.15, 0.2) is 17.7 Å². The van der Waals surface area contributed by atoms with Crippen LogP contribution in [0.25, 0.3) is 16.9 Å². The van der Waals surface area contributed by atoms with Crippen LogP contribution in [0.5, 0.6) is 0 Å². The summed E-state index contributed by atoms with van der Waals surface area (Å²) in [6.07, 6.45) is 3.27. The Morgan fingerprint density at radius 3 is 2.44 bits per heavy atom. The van der Waals surface area contributed by atoms with E-state index in [0.717, 1.165) is 69.3 Å². The van der Waals surface area contributed by atoms with Gasteiger partial charge in [-0.25, -0.2) is 19.3 Å². The Morgan fingerprint density at radius 1 is 0.934 bits per heavy atom. The maximum Gasteiger partial charge on any atom is 0.278 e. The number of carbonyl (C=O) groups is 3. The summed E-state index contributed by atoms with van der Waals surface area (Å²) >= 11 is 0. The normalized spacial score (nSPS) is 21.0. The standard InChI is InChI=1S/C44H49N11O6/c1-4-17-53-40(58)33-24-45-43(49-38(33)55(53)36-7-5-6-35(47-36)44(2,3)61)46-28-8-10-29(11-9-28)51-21-19-50(20-22-51)25-27-16-18-52(26-27)30-12-13-31-32(23-30)42(60)54(41(31)59)34-14-15-37(56)48-39(34)57/h4-13,23-24,27,34,41,59,61H,1,14-22,25-26H2,2-3H3,(H,45,46,49)(H,48,56,57)/t27-,34?,41?/m0/s1. The molecule has 5 aromatic rings. The van der Waals surface area contributed by atoms with E-state index in [1.165, 1.54) is 15.8 Å². The van der Waals surface area contributed by atoms with E-state index in [9.17, 15) is 29.4 Å². The third kappa shape index (κ3) is 7.64. The molecule has 0 bridgehead atoms. The van der Waals surface area contributed by atoms with E-state index >= 15 is 0 Å². The summed E-state index contributed by atoms with van der Waals surface area (Å²) < 4.78 is 3.14. The molecule has 4 N–H and O–H groups in total. The third-order valence-corrected chi connectivity index (χ3v) is 12.2. The second-order valence-corrected chi connectivity index (χ2v) is 16.7. The van der Waals surface area contributed by atoms with Crippen molar-refractivity contribution in [1.29, 1.82) is 0 Å². The number of benzene rings is 2. The number of hydrogen-bond acceptors (Lipinski definition) is 13. The highest BCUT2D eigenvalue weighted by Crippen LogP contribution is 2.38. The Hall–Kier alpha value is -6.43. The van der Waals surface area contributed by atoms with Gasteiger partial charge in [0.25, 0.3) is 11.5 Å². The maximum atomic E-state index is 13.4. The predicted molar refractivity (Wildman–Crippen MR) is 229 cm³/mol. The number of piperazine rings is 1. The number of aliphatic hydroxyl groups excluding tert-OH is 1. The third-order valence-electron chi connectivity index (χ3n) is 12.2. The number of aromatic nitrogens is 5. The van der Waals surface area contributed by atoms with Crippen molar-refractivity contribution in [3.8, 4) is 5.82 Å². The Bertz CT molecular complexity index is 2590. The van der Waals surface area contributed by atoms with Crippen LogP contribution in [0.1, 0.15) is 61.0 Å². The molecule has 2 unspecified atom stereocenters. The van der Waals surface area contributed by atoms with Gasteiger partial charge in [0.05, 0.1) is 12.2 Å². The Labute approximate surface area is 351 Å². The van der Waals surface area contributed by atoms with Crippen LogP contribution in [0, 0.1) is 5.92 Å². The highest BCUT2D eigenvalue weighted by Gasteiger charge is 2.44. The number of imide groups is 1. The van der Waals surface area contributed by atoms with Crippen molar-refractivity contribution >= 4 is 51.8 Å². The van der Waals surface area contributed by atoms with E-state index < -0.39 is 29.7 Å². The number of hydrogen-bond donors (Lipinski definition) is 4. The number of aliphatic hydroxyl groups is 2. The summed E-state index contributed by atoms with van der Waals surface area (Å²) in [5.74, 6) is -0.0806. The largest absolute Gasteiger partial charge is 0.384 e. The molecule has 0 saturated carbocycles. The first-order chi connectivity index (χ1) is 29.4. The highest BCUT2D eigenvalue weighted by molar-refractivity contribution is 6.06. The van der Waals surface area contributed by atoms with Gasteiger partial charge in [0.2, 0.25) is 17.8 Å². The molecule has 3 aromatic heterocycles. The smallest absolute Gasteiger partial charge is 0.278 e. The lowest BCUT2D eigenvalue weighted by molar-refractivity contribution is -0.139. The molecule has 3 amide bonds. The predicted octanol–water partition coefficient (Wildman–Crippen LogP) is 3.03. The van der Waals surface area contributed by atoms with Crippen LogP contribution in [-0.4, -0.2) is 114 Å². The number of amides is 3. The van der Waals surface area contributed by atoms with Crippen LogP contribution in [0.4, 0.5) is 23.0 Å². The molecule has 3 atom stereocenters. The molecule has 4 aliphatic rings. The van der Waals surface area contributed by atoms with Gasteiger partial charge in [-0.15, -0.1) is 6.58 Å². The molecule has 2 aromatic carbocycles. The number of fused-ring (bicyclic) bond motifs is 2. The topological polar surface area (TPSA) is 194 Å². The molecular formula is C44H49N11O6. The lowest BCUT2D eigenvalue weighted by Crippen LogP contribution is -2.53. The number of nitrogens with zero attached hydrogens (tertiary/aromatic N) is 9.